The van der Waals surface area contributed by atoms with Crippen molar-refractivity contribution in [2.45, 2.75) is 20.0 Å². The van der Waals surface area contributed by atoms with E-state index in [4.69, 9.17) is 21.7 Å². The summed E-state index contributed by atoms with van der Waals surface area (Å²) in [4.78, 5) is 24.3. The first-order valence-corrected chi connectivity index (χ1v) is 9.56. The Hall–Kier alpha value is -2.97. The van der Waals surface area contributed by atoms with Crippen LogP contribution in [0.2, 0.25) is 0 Å². The van der Waals surface area contributed by atoms with Crippen LogP contribution in [0.1, 0.15) is 34.6 Å². The molecule has 2 amide bonds. The van der Waals surface area contributed by atoms with Crippen LogP contribution in [-0.4, -0.2) is 43.3 Å². The van der Waals surface area contributed by atoms with E-state index in [1.165, 1.54) is 0 Å². The van der Waals surface area contributed by atoms with E-state index in [1.807, 2.05) is 13.8 Å². The zero-order valence-electron chi connectivity index (χ0n) is 16.7. The highest BCUT2D eigenvalue weighted by atomic mass is 32.1. The van der Waals surface area contributed by atoms with Crippen LogP contribution in [0.3, 0.4) is 0 Å². The second-order valence-electron chi connectivity index (χ2n) is 6.43. The minimum absolute atomic E-state index is 0.0641. The van der Waals surface area contributed by atoms with Gasteiger partial charge in [-0.15, -0.1) is 0 Å². The molecule has 0 aliphatic heterocycles. The first-order valence-electron chi connectivity index (χ1n) is 9.15. The van der Waals surface area contributed by atoms with Gasteiger partial charge in [-0.2, -0.15) is 0 Å². The highest BCUT2D eigenvalue weighted by Crippen LogP contribution is 2.14. The second kappa shape index (κ2) is 11.1. The van der Waals surface area contributed by atoms with Gasteiger partial charge in [0.05, 0.1) is 12.7 Å². The van der Waals surface area contributed by atoms with Crippen molar-refractivity contribution in [3.63, 3.8) is 0 Å². The molecule has 0 aromatic heterocycles. The molecular weight excluding hydrogens is 390 g/mol. The van der Waals surface area contributed by atoms with Gasteiger partial charge < -0.3 is 20.1 Å². The number of nitrogens with one attached hydrogen (secondary N) is 3. The van der Waals surface area contributed by atoms with E-state index < -0.39 is 0 Å². The molecule has 2 aromatic rings. The summed E-state index contributed by atoms with van der Waals surface area (Å²) in [5, 5.41) is 8.45. The molecule has 0 saturated carbocycles. The number of thiocarbonyl (C=S) groups is 1. The van der Waals surface area contributed by atoms with Gasteiger partial charge in [-0.25, -0.2) is 0 Å². The first-order chi connectivity index (χ1) is 13.9. The Morgan fingerprint density at radius 3 is 2.14 bits per heavy atom. The lowest BCUT2D eigenvalue weighted by Crippen LogP contribution is -2.34. The molecule has 154 valence electrons. The van der Waals surface area contributed by atoms with E-state index in [9.17, 15) is 9.59 Å². The average Bonchev–Trinajstić information content (AvgIpc) is 2.68. The van der Waals surface area contributed by atoms with Crippen LogP contribution in [0, 0.1) is 0 Å². The van der Waals surface area contributed by atoms with Crippen LogP contribution in [0.5, 0.6) is 5.75 Å². The molecule has 0 aliphatic rings. The van der Waals surface area contributed by atoms with E-state index >= 15 is 0 Å². The lowest BCUT2D eigenvalue weighted by atomic mass is 10.2. The second-order valence-corrected chi connectivity index (χ2v) is 6.83. The topological polar surface area (TPSA) is 88.7 Å². The molecule has 0 spiro atoms. The molecule has 0 unspecified atom stereocenters. The molecule has 2 rings (SSSR count). The van der Waals surface area contributed by atoms with Crippen molar-refractivity contribution in [3.8, 4) is 5.75 Å². The molecule has 0 atom stereocenters. The molecule has 0 bridgehead atoms. The lowest BCUT2D eigenvalue weighted by Gasteiger charge is -2.12. The number of carbonyl (C=O) groups excluding carboxylic acids is 2. The van der Waals surface area contributed by atoms with Crippen molar-refractivity contribution in [3.05, 3.63) is 59.7 Å². The van der Waals surface area contributed by atoms with E-state index in [1.54, 1.807) is 55.6 Å². The van der Waals surface area contributed by atoms with Crippen LogP contribution >= 0.6 is 12.2 Å². The molecule has 0 fully saturated rings. The van der Waals surface area contributed by atoms with Crippen LogP contribution in [0.15, 0.2) is 48.5 Å². The zero-order chi connectivity index (χ0) is 21.2. The molecule has 0 saturated heterocycles. The average molecular weight is 416 g/mol. The fourth-order valence-corrected chi connectivity index (χ4v) is 2.58. The van der Waals surface area contributed by atoms with Gasteiger partial charge in [0.2, 0.25) is 0 Å². The monoisotopic (exact) mass is 415 g/mol. The van der Waals surface area contributed by atoms with E-state index in [-0.39, 0.29) is 23.0 Å². The van der Waals surface area contributed by atoms with Gasteiger partial charge in [0.1, 0.15) is 5.75 Å². The molecule has 0 radical (unpaired) electrons. The Morgan fingerprint density at radius 1 is 0.966 bits per heavy atom. The molecule has 3 N–H and O–H groups in total. The summed E-state index contributed by atoms with van der Waals surface area (Å²) < 4.78 is 10.5. The van der Waals surface area contributed by atoms with Crippen molar-refractivity contribution in [1.82, 2.24) is 10.6 Å². The van der Waals surface area contributed by atoms with E-state index in [2.05, 4.69) is 16.0 Å². The Bertz CT molecular complexity index is 836. The minimum Gasteiger partial charge on any atom is -0.491 e. The van der Waals surface area contributed by atoms with Gasteiger partial charge >= 0.3 is 0 Å². The predicted molar refractivity (Wildman–Crippen MR) is 117 cm³/mol. The summed E-state index contributed by atoms with van der Waals surface area (Å²) in [7, 11) is 1.57. The van der Waals surface area contributed by atoms with Gasteiger partial charge in [-0.3, -0.25) is 14.9 Å². The third-order valence-electron chi connectivity index (χ3n) is 3.71. The number of carbonyl (C=O) groups is 2. The van der Waals surface area contributed by atoms with Gasteiger partial charge in [0.25, 0.3) is 11.8 Å². The number of benzene rings is 2. The van der Waals surface area contributed by atoms with Gasteiger partial charge in [0.15, 0.2) is 5.11 Å². The fraction of sp³-hybridized carbons (Fsp3) is 0.286. The lowest BCUT2D eigenvalue weighted by molar-refractivity contribution is 0.0935. The standard InChI is InChI=1S/C21H25N3O4S/c1-14(2)28-18-10-6-16(7-11-18)20(26)24-21(29)23-17-8-4-15(5-9-17)19(25)22-12-13-27-3/h4-11,14H,12-13H2,1-3H3,(H,22,25)(H2,23,24,26,29). The molecule has 0 heterocycles. The molecule has 0 aliphatic carbocycles. The first kappa shape index (κ1) is 22.3. The predicted octanol–water partition coefficient (Wildman–Crippen LogP) is 2.98. The van der Waals surface area contributed by atoms with E-state index in [0.29, 0.717) is 35.7 Å². The van der Waals surface area contributed by atoms with Crippen molar-refractivity contribution >= 4 is 34.8 Å². The summed E-state index contributed by atoms with van der Waals surface area (Å²) in [5.41, 5.74) is 1.64. The van der Waals surface area contributed by atoms with Gasteiger partial charge in [0, 0.05) is 30.5 Å². The quantitative estimate of drug-likeness (QED) is 0.454. The fourth-order valence-electron chi connectivity index (χ4n) is 2.37. The van der Waals surface area contributed by atoms with Gasteiger partial charge in [-0.1, -0.05) is 0 Å². The molecular formula is C21H25N3O4S. The van der Waals surface area contributed by atoms with Gasteiger partial charge in [-0.05, 0) is 74.6 Å². The number of hydrogen-bond donors (Lipinski definition) is 3. The van der Waals surface area contributed by atoms with Crippen molar-refractivity contribution in [2.75, 3.05) is 25.6 Å². The Labute approximate surface area is 175 Å². The third kappa shape index (κ3) is 7.52. The Balaban J connectivity index is 1.86. The highest BCUT2D eigenvalue weighted by Gasteiger charge is 2.09. The van der Waals surface area contributed by atoms with Crippen LogP contribution in [-0.2, 0) is 4.74 Å². The largest absolute Gasteiger partial charge is 0.491 e. The maximum atomic E-state index is 12.3. The summed E-state index contributed by atoms with van der Waals surface area (Å²) in [6.07, 6.45) is 0.0641. The Morgan fingerprint density at radius 2 is 1.55 bits per heavy atom. The highest BCUT2D eigenvalue weighted by molar-refractivity contribution is 7.80. The summed E-state index contributed by atoms with van der Waals surface area (Å²) in [5.74, 6) is 0.186. The normalized spacial score (nSPS) is 10.3. The van der Waals surface area contributed by atoms with E-state index in [0.717, 1.165) is 0 Å². The summed E-state index contributed by atoms with van der Waals surface area (Å²) >= 11 is 5.19. The van der Waals surface area contributed by atoms with Crippen LogP contribution in [0.4, 0.5) is 5.69 Å². The smallest absolute Gasteiger partial charge is 0.257 e. The maximum absolute atomic E-state index is 12.3. The maximum Gasteiger partial charge on any atom is 0.257 e. The minimum atomic E-state index is -0.326. The SMILES string of the molecule is COCCNC(=O)c1ccc(NC(=S)NC(=O)c2ccc(OC(C)C)cc2)cc1. The molecule has 2 aromatic carbocycles. The summed E-state index contributed by atoms with van der Waals surface area (Å²) in [6.45, 7) is 4.76. The molecule has 8 heteroatoms. The van der Waals surface area contributed by atoms with Crippen molar-refractivity contribution < 1.29 is 19.1 Å². The number of methoxy groups -OCH3 is 1. The summed E-state index contributed by atoms with van der Waals surface area (Å²) in [6, 6.07) is 13.6. The van der Waals surface area contributed by atoms with Crippen LogP contribution in [0.25, 0.3) is 0 Å². The number of hydrogen-bond acceptors (Lipinski definition) is 5. The molecule has 29 heavy (non-hydrogen) atoms. The third-order valence-corrected chi connectivity index (χ3v) is 3.92. The number of amides is 2. The zero-order valence-corrected chi connectivity index (χ0v) is 17.5. The number of ether oxygens (including phenoxy) is 2. The Kier molecular flexibility index (Phi) is 8.57. The van der Waals surface area contributed by atoms with Crippen LogP contribution < -0.4 is 20.7 Å². The van der Waals surface area contributed by atoms with Crippen molar-refractivity contribution in [2.24, 2.45) is 0 Å². The number of rotatable bonds is 8. The number of anilines is 1. The molecule has 7 nitrogen and oxygen atoms in total. The van der Waals surface area contributed by atoms with Crippen molar-refractivity contribution in [1.29, 1.82) is 0 Å².